The Morgan fingerprint density at radius 3 is 2.75 bits per heavy atom. The lowest BCUT2D eigenvalue weighted by atomic mass is 10.0. The molecule has 40 heavy (non-hydrogen) atoms. The van der Waals surface area contributed by atoms with Crippen LogP contribution in [0.2, 0.25) is 5.02 Å². The number of anilines is 1. The number of aliphatic hydroxyl groups excluding tert-OH is 1. The van der Waals surface area contributed by atoms with E-state index >= 15 is 0 Å². The zero-order chi connectivity index (χ0) is 28.4. The van der Waals surface area contributed by atoms with Crippen molar-refractivity contribution in [3.63, 3.8) is 0 Å². The van der Waals surface area contributed by atoms with E-state index in [0.29, 0.717) is 52.1 Å². The van der Waals surface area contributed by atoms with E-state index < -0.39 is 30.4 Å². The van der Waals surface area contributed by atoms with Crippen molar-refractivity contribution in [1.29, 1.82) is 0 Å². The Morgan fingerprint density at radius 2 is 2.02 bits per heavy atom. The van der Waals surface area contributed by atoms with Gasteiger partial charge in [0, 0.05) is 36.9 Å². The van der Waals surface area contributed by atoms with Gasteiger partial charge in [-0.05, 0) is 61.6 Å². The van der Waals surface area contributed by atoms with Gasteiger partial charge in [0.25, 0.3) is 5.91 Å². The van der Waals surface area contributed by atoms with Gasteiger partial charge in [0.15, 0.2) is 0 Å². The summed E-state index contributed by atoms with van der Waals surface area (Å²) in [6.45, 7) is 4.56. The number of aliphatic hydroxyl groups is 1. The zero-order valence-electron chi connectivity index (χ0n) is 22.3. The highest BCUT2D eigenvalue weighted by molar-refractivity contribution is 6.33. The van der Waals surface area contributed by atoms with Crippen LogP contribution in [-0.2, 0) is 16.1 Å². The molecule has 210 valence electrons. The SMILES string of the molecule is Cc1cc(F)cc([C@@H](CO)NC(=O)[C@@H](C)N2Cc3ccc(-c4nc(NC5CCOCC5)ncc4Cl)cc3C2=O)c1. The van der Waals surface area contributed by atoms with Gasteiger partial charge in [0.05, 0.1) is 29.6 Å². The molecule has 0 saturated carbocycles. The number of carbonyl (C=O) groups is 2. The topological polar surface area (TPSA) is 117 Å². The van der Waals surface area contributed by atoms with Gasteiger partial charge in [-0.3, -0.25) is 9.59 Å². The molecular weight excluding hydrogens is 537 g/mol. The lowest BCUT2D eigenvalue weighted by Gasteiger charge is -2.26. The third-order valence-corrected chi connectivity index (χ3v) is 7.60. The highest BCUT2D eigenvalue weighted by Crippen LogP contribution is 2.32. The normalized spacial score (nSPS) is 16.9. The number of hydrogen-bond donors (Lipinski definition) is 3. The monoisotopic (exact) mass is 567 g/mol. The smallest absolute Gasteiger partial charge is 0.255 e. The van der Waals surface area contributed by atoms with E-state index in [1.54, 1.807) is 26.0 Å². The fourth-order valence-corrected chi connectivity index (χ4v) is 5.28. The molecule has 0 bridgehead atoms. The summed E-state index contributed by atoms with van der Waals surface area (Å²) in [7, 11) is 0. The molecule has 0 unspecified atom stereocenters. The Kier molecular flexibility index (Phi) is 8.30. The predicted molar refractivity (Wildman–Crippen MR) is 148 cm³/mol. The number of amides is 2. The van der Waals surface area contributed by atoms with Gasteiger partial charge in [-0.2, -0.15) is 0 Å². The highest BCUT2D eigenvalue weighted by Gasteiger charge is 2.35. The molecule has 2 amide bonds. The number of fused-ring (bicyclic) bond motifs is 1. The molecule has 9 nitrogen and oxygen atoms in total. The van der Waals surface area contributed by atoms with Crippen molar-refractivity contribution in [2.24, 2.45) is 0 Å². The van der Waals surface area contributed by atoms with E-state index in [1.807, 2.05) is 12.1 Å². The molecule has 2 atom stereocenters. The van der Waals surface area contributed by atoms with Crippen LogP contribution in [0.3, 0.4) is 0 Å². The minimum absolute atomic E-state index is 0.209. The molecule has 3 aromatic rings. The van der Waals surface area contributed by atoms with E-state index in [4.69, 9.17) is 16.3 Å². The molecule has 2 aromatic carbocycles. The molecule has 5 rings (SSSR count). The number of rotatable bonds is 8. The third kappa shape index (κ3) is 5.94. The first-order valence-corrected chi connectivity index (χ1v) is 13.6. The summed E-state index contributed by atoms with van der Waals surface area (Å²) in [6.07, 6.45) is 3.26. The van der Waals surface area contributed by atoms with Crippen molar-refractivity contribution in [2.75, 3.05) is 25.1 Å². The van der Waals surface area contributed by atoms with Crippen molar-refractivity contribution >= 4 is 29.4 Å². The maximum Gasteiger partial charge on any atom is 0.255 e. The van der Waals surface area contributed by atoms with E-state index in [9.17, 15) is 19.1 Å². The molecule has 2 aliphatic heterocycles. The van der Waals surface area contributed by atoms with Crippen LogP contribution in [0.25, 0.3) is 11.3 Å². The number of nitrogens with zero attached hydrogens (tertiary/aromatic N) is 3. The molecular formula is C29H31ClFN5O4. The lowest BCUT2D eigenvalue weighted by molar-refractivity contribution is -0.126. The van der Waals surface area contributed by atoms with E-state index in [-0.39, 0.29) is 18.5 Å². The van der Waals surface area contributed by atoms with Crippen LogP contribution in [0.1, 0.15) is 52.9 Å². The Bertz CT molecular complexity index is 1410. The molecule has 1 saturated heterocycles. The maximum absolute atomic E-state index is 13.9. The first kappa shape index (κ1) is 27.9. The first-order valence-electron chi connectivity index (χ1n) is 13.2. The van der Waals surface area contributed by atoms with Crippen LogP contribution in [0.4, 0.5) is 10.3 Å². The van der Waals surface area contributed by atoms with Crippen LogP contribution in [0.15, 0.2) is 42.6 Å². The maximum atomic E-state index is 13.9. The molecule has 3 N–H and O–H groups in total. The lowest BCUT2D eigenvalue weighted by Crippen LogP contribution is -2.46. The van der Waals surface area contributed by atoms with Crippen LogP contribution < -0.4 is 10.6 Å². The number of aryl methyl sites for hydroxylation is 1. The van der Waals surface area contributed by atoms with Crippen molar-refractivity contribution in [3.8, 4) is 11.3 Å². The Labute approximate surface area is 236 Å². The summed E-state index contributed by atoms with van der Waals surface area (Å²) in [5.74, 6) is -0.749. The van der Waals surface area contributed by atoms with Gasteiger partial charge >= 0.3 is 0 Å². The summed E-state index contributed by atoms with van der Waals surface area (Å²) in [4.78, 5) is 36.9. The average molecular weight is 568 g/mol. The van der Waals surface area contributed by atoms with Gasteiger partial charge in [-0.15, -0.1) is 0 Å². The minimum Gasteiger partial charge on any atom is -0.394 e. The molecule has 0 radical (unpaired) electrons. The van der Waals surface area contributed by atoms with E-state index in [1.165, 1.54) is 23.2 Å². The van der Waals surface area contributed by atoms with E-state index in [0.717, 1.165) is 18.4 Å². The predicted octanol–water partition coefficient (Wildman–Crippen LogP) is 4.03. The first-order chi connectivity index (χ1) is 19.2. The summed E-state index contributed by atoms with van der Waals surface area (Å²) >= 11 is 6.45. The number of hydrogen-bond acceptors (Lipinski definition) is 7. The second-order valence-corrected chi connectivity index (χ2v) is 10.6. The second kappa shape index (κ2) is 11.9. The van der Waals surface area contributed by atoms with Crippen molar-refractivity contribution in [2.45, 2.75) is 51.4 Å². The summed E-state index contributed by atoms with van der Waals surface area (Å²) in [5.41, 5.74) is 3.53. The number of ether oxygens (including phenoxy) is 1. The van der Waals surface area contributed by atoms with Crippen LogP contribution in [-0.4, -0.2) is 63.7 Å². The third-order valence-electron chi connectivity index (χ3n) is 7.33. The number of carbonyl (C=O) groups excluding carboxylic acids is 2. The molecule has 1 aromatic heterocycles. The highest BCUT2D eigenvalue weighted by atomic mass is 35.5. The largest absolute Gasteiger partial charge is 0.394 e. The van der Waals surface area contributed by atoms with Gasteiger partial charge in [-0.1, -0.05) is 29.8 Å². The number of nitrogens with one attached hydrogen (secondary N) is 2. The Balaban J connectivity index is 1.31. The molecule has 11 heteroatoms. The zero-order valence-corrected chi connectivity index (χ0v) is 23.0. The standard InChI is InChI=1S/C29H31ClFN5O4/c1-16-9-20(11-21(31)10-16)25(15-37)34-27(38)17(2)36-14-19-4-3-18(12-23(19)28(36)39)26-24(30)13-32-29(35-26)33-22-5-7-40-8-6-22/h3-4,9-13,17,22,25,37H,5-8,14-15H2,1-2H3,(H,34,38)(H,32,33,35)/t17-,25-/m1/s1. The molecule has 0 spiro atoms. The summed E-state index contributed by atoms with van der Waals surface area (Å²) < 4.78 is 19.3. The van der Waals surface area contributed by atoms with Gasteiger partial charge in [0.1, 0.15) is 11.9 Å². The summed E-state index contributed by atoms with van der Waals surface area (Å²) in [6, 6.07) is 8.35. The molecule has 2 aliphatic rings. The van der Waals surface area contributed by atoms with Crippen LogP contribution in [0, 0.1) is 12.7 Å². The van der Waals surface area contributed by atoms with Gasteiger partial charge in [0.2, 0.25) is 11.9 Å². The molecule has 3 heterocycles. The van der Waals surface area contributed by atoms with Crippen molar-refractivity contribution < 1.29 is 23.8 Å². The number of aromatic nitrogens is 2. The van der Waals surface area contributed by atoms with Crippen LogP contribution >= 0.6 is 11.6 Å². The van der Waals surface area contributed by atoms with Crippen molar-refractivity contribution in [1.82, 2.24) is 20.2 Å². The minimum atomic E-state index is -0.829. The number of benzene rings is 2. The Morgan fingerprint density at radius 1 is 1.25 bits per heavy atom. The summed E-state index contributed by atoms with van der Waals surface area (Å²) in [5, 5.41) is 16.3. The number of halogens is 2. The quantitative estimate of drug-likeness (QED) is 0.376. The molecule has 0 aliphatic carbocycles. The second-order valence-electron chi connectivity index (χ2n) is 10.2. The van der Waals surface area contributed by atoms with Gasteiger partial charge < -0.3 is 25.4 Å². The average Bonchev–Trinajstić information content (AvgIpc) is 3.27. The van der Waals surface area contributed by atoms with Crippen LogP contribution in [0.5, 0.6) is 0 Å². The van der Waals surface area contributed by atoms with Gasteiger partial charge in [-0.25, -0.2) is 14.4 Å². The Hall–Kier alpha value is -3.60. The fraction of sp³-hybridized carbons (Fsp3) is 0.379. The van der Waals surface area contributed by atoms with E-state index in [2.05, 4.69) is 20.6 Å². The fourth-order valence-electron chi connectivity index (χ4n) is 5.08. The van der Waals surface area contributed by atoms with Crippen molar-refractivity contribution in [3.05, 3.63) is 75.7 Å². The molecule has 1 fully saturated rings.